The Bertz CT molecular complexity index is 1160. The first-order valence-electron chi connectivity index (χ1n) is 17.7. The van der Waals surface area contributed by atoms with Crippen LogP contribution in [0.15, 0.2) is 24.3 Å². The maximum atomic E-state index is 13.0. The summed E-state index contributed by atoms with van der Waals surface area (Å²) >= 11 is 0. The third-order valence-electron chi connectivity index (χ3n) is 7.77. The number of aliphatic carboxylic acids is 1. The summed E-state index contributed by atoms with van der Waals surface area (Å²) in [5, 5.41) is 9.32. The van der Waals surface area contributed by atoms with Gasteiger partial charge in [-0.3, -0.25) is 43.5 Å². The van der Waals surface area contributed by atoms with Crippen molar-refractivity contribution in [1.82, 2.24) is 14.7 Å². The number of aryl methyl sites for hydroxylation is 1. The number of carbonyl (C=O) groups is 6. The normalized spacial score (nSPS) is 12.3. The van der Waals surface area contributed by atoms with Crippen LogP contribution in [-0.2, 0) is 58.9 Å². The number of rotatable bonds is 27. The first-order chi connectivity index (χ1) is 24.3. The number of carbonyl (C=O) groups excluding carboxylic acids is 5. The highest BCUT2D eigenvalue weighted by Crippen LogP contribution is 2.18. The largest absolute Gasteiger partial charge is 0.481 e. The van der Waals surface area contributed by atoms with Gasteiger partial charge in [-0.1, -0.05) is 24.3 Å². The van der Waals surface area contributed by atoms with Gasteiger partial charge in [0.05, 0.1) is 58.5 Å². The fraction of sp³-hybridized carbons (Fsp3) is 0.667. The summed E-state index contributed by atoms with van der Waals surface area (Å²) in [6.45, 7) is 11.0. The standard InChI is InChI=1S/C36H57N3O12/c1-7-47-32(41)23-37(24-33(42)48-8-2)18-20-39(21-19-38(25-34(43)49-9-3)26-35(44)50-10-4)28(6)51-31(40)17-12-11-14-29-15-13-16-30(22-29)27(5)36(45)46/h13,15-16,22,27-28H,7-12,14,17-21,23-26H2,1-6H3,(H,45,46). The van der Waals surface area contributed by atoms with Gasteiger partial charge in [0.1, 0.15) is 0 Å². The van der Waals surface area contributed by atoms with Crippen molar-refractivity contribution in [2.45, 2.75) is 79.4 Å². The van der Waals surface area contributed by atoms with Crippen LogP contribution >= 0.6 is 0 Å². The van der Waals surface area contributed by atoms with E-state index in [9.17, 15) is 33.9 Å². The summed E-state index contributed by atoms with van der Waals surface area (Å²) in [6.07, 6.45) is 1.31. The average Bonchev–Trinajstić information content (AvgIpc) is 3.06. The van der Waals surface area contributed by atoms with Gasteiger partial charge in [-0.2, -0.15) is 0 Å². The molecule has 1 rings (SSSR count). The number of unbranched alkanes of at least 4 members (excludes halogenated alkanes) is 1. The molecular formula is C36H57N3O12. The van der Waals surface area contributed by atoms with Gasteiger partial charge in [0.2, 0.25) is 0 Å². The summed E-state index contributed by atoms with van der Waals surface area (Å²) < 4.78 is 26.1. The molecule has 0 bridgehead atoms. The van der Waals surface area contributed by atoms with E-state index < -0.39 is 48.0 Å². The second-order valence-corrected chi connectivity index (χ2v) is 11.8. The number of hydrogen-bond donors (Lipinski definition) is 1. The molecule has 0 spiro atoms. The lowest BCUT2D eigenvalue weighted by atomic mass is 9.97. The summed E-state index contributed by atoms with van der Waals surface area (Å²) in [7, 11) is 0. The molecule has 288 valence electrons. The van der Waals surface area contributed by atoms with E-state index in [1.54, 1.807) is 57.4 Å². The van der Waals surface area contributed by atoms with Crippen LogP contribution < -0.4 is 0 Å². The minimum absolute atomic E-state index is 0.152. The first kappa shape index (κ1) is 44.9. The Kier molecular flexibility index (Phi) is 22.7. The van der Waals surface area contributed by atoms with Crippen LogP contribution in [0, 0.1) is 0 Å². The smallest absolute Gasteiger partial charge is 0.320 e. The number of benzene rings is 1. The van der Waals surface area contributed by atoms with E-state index >= 15 is 0 Å². The van der Waals surface area contributed by atoms with Gasteiger partial charge >= 0.3 is 35.8 Å². The maximum absolute atomic E-state index is 13.0. The van der Waals surface area contributed by atoms with E-state index in [1.165, 1.54) is 0 Å². The molecule has 0 heterocycles. The highest BCUT2D eigenvalue weighted by atomic mass is 16.6. The molecule has 0 fully saturated rings. The Hall–Kier alpha value is -4.08. The lowest BCUT2D eigenvalue weighted by molar-refractivity contribution is -0.158. The van der Waals surface area contributed by atoms with Crippen LogP contribution in [-0.4, -0.2) is 141 Å². The first-order valence-corrected chi connectivity index (χ1v) is 17.7. The molecule has 0 aliphatic rings. The fourth-order valence-corrected chi connectivity index (χ4v) is 5.08. The van der Waals surface area contributed by atoms with E-state index in [1.807, 2.05) is 23.1 Å². The van der Waals surface area contributed by atoms with E-state index in [-0.39, 0.29) is 85.2 Å². The Labute approximate surface area is 301 Å². The molecular weight excluding hydrogens is 666 g/mol. The van der Waals surface area contributed by atoms with E-state index in [4.69, 9.17) is 23.7 Å². The molecule has 0 saturated heterocycles. The molecule has 0 radical (unpaired) electrons. The molecule has 15 nitrogen and oxygen atoms in total. The van der Waals surface area contributed by atoms with E-state index in [2.05, 4.69) is 0 Å². The summed E-state index contributed by atoms with van der Waals surface area (Å²) in [5.74, 6) is -3.97. The van der Waals surface area contributed by atoms with Gasteiger partial charge in [0.25, 0.3) is 0 Å². The number of carboxylic acids is 1. The monoisotopic (exact) mass is 723 g/mol. The Morgan fingerprint density at radius 3 is 1.51 bits per heavy atom. The van der Waals surface area contributed by atoms with Gasteiger partial charge in [-0.15, -0.1) is 0 Å². The van der Waals surface area contributed by atoms with Crippen molar-refractivity contribution in [2.24, 2.45) is 0 Å². The Morgan fingerprint density at radius 1 is 0.647 bits per heavy atom. The number of carboxylic acid groups (broad SMARTS) is 1. The Balaban J connectivity index is 3.02. The minimum atomic E-state index is -0.894. The molecule has 2 unspecified atom stereocenters. The third-order valence-corrected chi connectivity index (χ3v) is 7.77. The van der Waals surface area contributed by atoms with E-state index in [0.29, 0.717) is 19.3 Å². The second kappa shape index (κ2) is 25.8. The lowest BCUT2D eigenvalue weighted by Gasteiger charge is -2.32. The van der Waals surface area contributed by atoms with Crippen molar-refractivity contribution in [3.63, 3.8) is 0 Å². The maximum Gasteiger partial charge on any atom is 0.320 e. The summed E-state index contributed by atoms with van der Waals surface area (Å²) in [4.78, 5) is 78.6. The number of nitrogens with zero attached hydrogens (tertiary/aromatic N) is 3. The second-order valence-electron chi connectivity index (χ2n) is 11.8. The third kappa shape index (κ3) is 19.8. The minimum Gasteiger partial charge on any atom is -0.481 e. The quantitative estimate of drug-likeness (QED) is 0.0606. The van der Waals surface area contributed by atoms with Gasteiger partial charge < -0.3 is 28.8 Å². The molecule has 0 aliphatic heterocycles. The molecule has 0 aromatic heterocycles. The average molecular weight is 724 g/mol. The van der Waals surface area contributed by atoms with Gasteiger partial charge in [-0.25, -0.2) is 0 Å². The van der Waals surface area contributed by atoms with Crippen molar-refractivity contribution in [3.05, 3.63) is 35.4 Å². The predicted molar refractivity (Wildman–Crippen MR) is 187 cm³/mol. The van der Waals surface area contributed by atoms with Gasteiger partial charge in [0, 0.05) is 32.6 Å². The molecule has 1 N–H and O–H groups in total. The highest BCUT2D eigenvalue weighted by Gasteiger charge is 2.24. The van der Waals surface area contributed by atoms with Gasteiger partial charge in [-0.05, 0) is 71.9 Å². The zero-order chi connectivity index (χ0) is 38.2. The predicted octanol–water partition coefficient (Wildman–Crippen LogP) is 2.64. The van der Waals surface area contributed by atoms with Crippen LogP contribution in [0.5, 0.6) is 0 Å². The zero-order valence-corrected chi connectivity index (χ0v) is 31.1. The molecule has 2 atom stereocenters. The van der Waals surface area contributed by atoms with Crippen LogP contribution in [0.3, 0.4) is 0 Å². The van der Waals surface area contributed by atoms with Crippen LogP contribution in [0.1, 0.15) is 77.8 Å². The van der Waals surface area contributed by atoms with E-state index in [0.717, 1.165) is 11.1 Å². The van der Waals surface area contributed by atoms with Crippen molar-refractivity contribution < 1.29 is 57.6 Å². The lowest BCUT2D eigenvalue weighted by Crippen LogP contribution is -2.48. The van der Waals surface area contributed by atoms with Crippen molar-refractivity contribution in [1.29, 1.82) is 0 Å². The molecule has 15 heteroatoms. The summed E-state index contributed by atoms with van der Waals surface area (Å²) in [6, 6.07) is 7.41. The zero-order valence-electron chi connectivity index (χ0n) is 31.1. The molecule has 0 amide bonds. The summed E-state index contributed by atoms with van der Waals surface area (Å²) in [5.41, 5.74) is 1.71. The highest BCUT2D eigenvalue weighted by molar-refractivity contribution is 5.76. The molecule has 51 heavy (non-hydrogen) atoms. The van der Waals surface area contributed by atoms with Gasteiger partial charge in [0.15, 0.2) is 6.23 Å². The molecule has 0 saturated carbocycles. The topological polar surface area (TPSA) is 179 Å². The molecule has 0 aliphatic carbocycles. The van der Waals surface area contributed by atoms with Crippen LogP contribution in [0.2, 0.25) is 0 Å². The fourth-order valence-electron chi connectivity index (χ4n) is 5.08. The van der Waals surface area contributed by atoms with Crippen molar-refractivity contribution in [3.8, 4) is 0 Å². The molecule has 1 aromatic rings. The Morgan fingerprint density at radius 2 is 1.10 bits per heavy atom. The molecule has 1 aromatic carbocycles. The SMILES string of the molecule is CCOC(=O)CN(CCN(CCN(CC(=O)OCC)CC(=O)OCC)C(C)OC(=O)CCCCc1cccc(C(C)C(=O)O)c1)CC(=O)OCC. The van der Waals surface area contributed by atoms with Crippen molar-refractivity contribution >= 4 is 35.8 Å². The number of ether oxygens (including phenoxy) is 5. The van der Waals surface area contributed by atoms with Crippen molar-refractivity contribution in [2.75, 3.05) is 78.8 Å². The van der Waals surface area contributed by atoms with Crippen LogP contribution in [0.4, 0.5) is 0 Å². The number of esters is 5. The van der Waals surface area contributed by atoms with Crippen LogP contribution in [0.25, 0.3) is 0 Å². The number of hydrogen-bond acceptors (Lipinski definition) is 14.